The van der Waals surface area contributed by atoms with Crippen LogP contribution in [-0.2, 0) is 8.59 Å². The zero-order valence-corrected chi connectivity index (χ0v) is 18.6. The van der Waals surface area contributed by atoms with Crippen molar-refractivity contribution >= 4 is 52.9 Å². The topological polar surface area (TPSA) is 97.5 Å². The van der Waals surface area contributed by atoms with Crippen molar-refractivity contribution in [1.29, 1.82) is 0 Å². The van der Waals surface area contributed by atoms with Gasteiger partial charge in [0.05, 0.1) is 13.1 Å². The van der Waals surface area contributed by atoms with E-state index in [1.807, 2.05) is 0 Å². The predicted molar refractivity (Wildman–Crippen MR) is 86.0 cm³/mol. The third-order valence-electron chi connectivity index (χ3n) is 2.63. The molecule has 0 aliphatic rings. The number of nitrogens with zero attached hydrogens (tertiary/aromatic N) is 2. The van der Waals surface area contributed by atoms with E-state index in [0.29, 0.717) is 11.3 Å². The number of methoxy groups -OCH3 is 1. The summed E-state index contributed by atoms with van der Waals surface area (Å²) in [6, 6.07) is 4.87. The Hall–Kier alpha value is -0.324. The number of carboxylic acids is 1. The van der Waals surface area contributed by atoms with Crippen LogP contribution in [0.3, 0.4) is 0 Å². The fraction of sp³-hybridized carbons (Fsp3) is 0.214. The van der Waals surface area contributed by atoms with Crippen LogP contribution in [0.15, 0.2) is 22.6 Å². The van der Waals surface area contributed by atoms with Gasteiger partial charge in [0.1, 0.15) is 6.61 Å². The molecule has 11 heteroatoms. The summed E-state index contributed by atoms with van der Waals surface area (Å²) in [4.78, 5) is 10.4. The normalized spacial score (nSPS) is 11.2. The number of carbonyl (C=O) groups is 1. The molecule has 128 valence electrons. The maximum atomic E-state index is 10.4. The Morgan fingerprint density at radius 1 is 1.28 bits per heavy atom. The van der Waals surface area contributed by atoms with Gasteiger partial charge in [-0.15, -0.1) is 10.2 Å². The van der Waals surface area contributed by atoms with E-state index in [9.17, 15) is 9.90 Å². The van der Waals surface area contributed by atoms with Crippen molar-refractivity contribution in [2.45, 2.75) is 3.79 Å². The molecule has 7 nitrogen and oxygen atoms in total. The van der Waals surface area contributed by atoms with Crippen molar-refractivity contribution < 1.29 is 75.2 Å². The van der Waals surface area contributed by atoms with Gasteiger partial charge in [0.15, 0.2) is 11.5 Å². The molecule has 1 aromatic heterocycles. The number of aliphatic carboxylic acids is 1. The summed E-state index contributed by atoms with van der Waals surface area (Å²) in [6.45, 7) is -0.576. The SMILES string of the molecule is COc1cc(/C=C/c2nnc(C(Cl)(Cl)Cl)o2)ccc1OCC(=O)[O-].[K+]. The molecule has 0 unspecified atom stereocenters. The van der Waals surface area contributed by atoms with Crippen molar-refractivity contribution in [3.05, 3.63) is 35.5 Å². The Morgan fingerprint density at radius 2 is 2.00 bits per heavy atom. The largest absolute Gasteiger partial charge is 1.00 e. The number of rotatable bonds is 6. The first-order chi connectivity index (χ1) is 11.3. The molecule has 0 N–H and O–H groups in total. The van der Waals surface area contributed by atoms with Gasteiger partial charge in [-0.05, 0) is 23.8 Å². The summed E-state index contributed by atoms with van der Waals surface area (Å²) in [6.07, 6.45) is 3.17. The molecular formula is C14H10Cl3KN2O5. The third kappa shape index (κ3) is 7.07. The van der Waals surface area contributed by atoms with E-state index in [0.717, 1.165) is 0 Å². The molecule has 2 rings (SSSR count). The Bertz CT molecular complexity index is 761. The number of alkyl halides is 3. The Morgan fingerprint density at radius 3 is 2.56 bits per heavy atom. The van der Waals surface area contributed by atoms with Crippen molar-refractivity contribution in [3.63, 3.8) is 0 Å². The summed E-state index contributed by atoms with van der Waals surface area (Å²) in [7, 11) is 1.43. The standard InChI is InChI=1S/C14H11Cl3N2O5.K/c1-22-10-6-8(2-4-9(10)23-7-12(20)21)3-5-11-18-19-13(24-11)14(15,16)17;/h2-6H,7H2,1H3,(H,20,21);/q;+1/p-1/b5-3+;. The zero-order valence-electron chi connectivity index (χ0n) is 13.2. The van der Waals surface area contributed by atoms with Crippen LogP contribution >= 0.6 is 34.8 Å². The molecule has 2 aromatic rings. The molecule has 25 heavy (non-hydrogen) atoms. The molecule has 0 atom stereocenters. The summed E-state index contributed by atoms with van der Waals surface area (Å²) < 4.78 is 13.6. The number of hydrogen-bond acceptors (Lipinski definition) is 7. The number of aromatic nitrogens is 2. The van der Waals surface area contributed by atoms with E-state index in [2.05, 4.69) is 10.2 Å². The van der Waals surface area contributed by atoms with Crippen LogP contribution in [-0.4, -0.2) is 29.9 Å². The predicted octanol–water partition coefficient (Wildman–Crippen LogP) is -0.792. The maximum absolute atomic E-state index is 10.4. The number of halogens is 3. The summed E-state index contributed by atoms with van der Waals surface area (Å²) in [5.74, 6) is -0.702. The van der Waals surface area contributed by atoms with E-state index in [-0.39, 0.29) is 68.9 Å². The molecule has 0 saturated heterocycles. The molecule has 0 fully saturated rings. The fourth-order valence-electron chi connectivity index (χ4n) is 1.63. The first-order valence-corrected chi connectivity index (χ1v) is 7.52. The zero-order chi connectivity index (χ0) is 17.7. The van der Waals surface area contributed by atoms with E-state index in [4.69, 9.17) is 48.7 Å². The van der Waals surface area contributed by atoms with Gasteiger partial charge in [-0.1, -0.05) is 40.9 Å². The van der Waals surface area contributed by atoms with Crippen molar-refractivity contribution in [2.75, 3.05) is 13.7 Å². The fourth-order valence-corrected chi connectivity index (χ4v) is 1.86. The first kappa shape index (κ1) is 22.7. The molecular weight excluding hydrogens is 422 g/mol. The van der Waals surface area contributed by atoms with Crippen molar-refractivity contribution in [3.8, 4) is 11.5 Å². The van der Waals surface area contributed by atoms with Gasteiger partial charge in [0.25, 0.3) is 9.68 Å². The van der Waals surface area contributed by atoms with Crippen LogP contribution in [0, 0.1) is 0 Å². The van der Waals surface area contributed by atoms with Gasteiger partial charge in [-0.25, -0.2) is 0 Å². The molecule has 0 spiro atoms. The van der Waals surface area contributed by atoms with E-state index in [1.165, 1.54) is 13.2 Å². The molecule has 0 bridgehead atoms. The van der Waals surface area contributed by atoms with Crippen LogP contribution in [0.4, 0.5) is 0 Å². The number of hydrogen-bond donors (Lipinski definition) is 0. The average Bonchev–Trinajstić information content (AvgIpc) is 3.00. The third-order valence-corrected chi connectivity index (χ3v) is 3.12. The van der Waals surface area contributed by atoms with Crippen LogP contribution < -0.4 is 66.0 Å². The van der Waals surface area contributed by atoms with Crippen molar-refractivity contribution in [2.24, 2.45) is 0 Å². The average molecular weight is 432 g/mol. The second kappa shape index (κ2) is 10.1. The Balaban J connectivity index is 0.00000312. The summed E-state index contributed by atoms with van der Waals surface area (Å²) >= 11 is 16.9. The Labute approximate surface area is 200 Å². The molecule has 1 aromatic carbocycles. The van der Waals surface area contributed by atoms with Crippen LogP contribution in [0.25, 0.3) is 12.2 Å². The van der Waals surface area contributed by atoms with Gasteiger partial charge in [0.2, 0.25) is 5.89 Å². The summed E-state index contributed by atoms with van der Waals surface area (Å²) in [5.41, 5.74) is 0.710. The van der Waals surface area contributed by atoms with Gasteiger partial charge in [-0.3, -0.25) is 0 Å². The first-order valence-electron chi connectivity index (χ1n) is 6.39. The summed E-state index contributed by atoms with van der Waals surface area (Å²) in [5, 5.41) is 17.8. The minimum absolute atomic E-state index is 0. The van der Waals surface area contributed by atoms with Crippen LogP contribution in [0.2, 0.25) is 0 Å². The molecule has 0 amide bonds. The number of ether oxygens (including phenoxy) is 2. The van der Waals surface area contributed by atoms with E-state index >= 15 is 0 Å². The number of carboxylic acid groups (broad SMARTS) is 1. The molecule has 0 radical (unpaired) electrons. The second-order valence-electron chi connectivity index (χ2n) is 4.35. The second-order valence-corrected chi connectivity index (χ2v) is 6.63. The quantitative estimate of drug-likeness (QED) is 0.437. The molecule has 0 saturated carbocycles. The van der Waals surface area contributed by atoms with Crippen LogP contribution in [0.1, 0.15) is 17.3 Å². The molecule has 1 heterocycles. The Kier molecular flexibility index (Phi) is 9.20. The van der Waals surface area contributed by atoms with Crippen molar-refractivity contribution in [1.82, 2.24) is 10.2 Å². The van der Waals surface area contributed by atoms with Gasteiger partial charge >= 0.3 is 51.4 Å². The maximum Gasteiger partial charge on any atom is 1.00 e. The van der Waals surface area contributed by atoms with E-state index in [1.54, 1.807) is 24.3 Å². The monoisotopic (exact) mass is 430 g/mol. The van der Waals surface area contributed by atoms with Gasteiger partial charge in [-0.2, -0.15) is 0 Å². The number of carbonyl (C=O) groups excluding carboxylic acids is 1. The van der Waals surface area contributed by atoms with Gasteiger partial charge < -0.3 is 23.8 Å². The van der Waals surface area contributed by atoms with E-state index < -0.39 is 16.4 Å². The number of benzene rings is 1. The minimum Gasteiger partial charge on any atom is -0.546 e. The molecule has 0 aliphatic heterocycles. The van der Waals surface area contributed by atoms with Gasteiger partial charge in [0, 0.05) is 6.08 Å². The molecule has 0 aliphatic carbocycles. The minimum atomic E-state index is -1.79. The smallest absolute Gasteiger partial charge is 0.546 e. The van der Waals surface area contributed by atoms with Crippen LogP contribution in [0.5, 0.6) is 11.5 Å².